The molecule has 18 heteroatoms. The van der Waals surface area contributed by atoms with Gasteiger partial charge in [0.1, 0.15) is 59.0 Å². The van der Waals surface area contributed by atoms with E-state index in [-0.39, 0.29) is 43.1 Å². The molecule has 6 aliphatic rings. The Kier molecular flexibility index (Phi) is 13.4. The fourth-order valence-electron chi connectivity index (χ4n) is 9.78. The Labute approximate surface area is 390 Å². The molecule has 3 aliphatic carbocycles. The van der Waals surface area contributed by atoms with Crippen LogP contribution in [-0.4, -0.2) is 136 Å². The number of carbonyl (C=O) groups excluding carboxylic acids is 3. The average molecular weight is 939 g/mol. The Morgan fingerprint density at radius 3 is 2.52 bits per heavy atom. The number of aliphatic imine (C=N–C) groups is 1. The zero-order chi connectivity index (χ0) is 46.6. The third-order valence-electron chi connectivity index (χ3n) is 13.7. The summed E-state index contributed by atoms with van der Waals surface area (Å²) in [5, 5.41) is 20.9. The van der Waals surface area contributed by atoms with Gasteiger partial charge in [0.15, 0.2) is 5.17 Å². The number of amidine groups is 1. The topological polar surface area (TPSA) is 193 Å². The molecule has 4 N–H and O–H groups in total. The van der Waals surface area contributed by atoms with E-state index in [4.69, 9.17) is 40.5 Å². The molecule has 3 aliphatic heterocycles. The second kappa shape index (κ2) is 18.4. The Bertz CT molecular complexity index is 2230. The van der Waals surface area contributed by atoms with E-state index < -0.39 is 58.9 Å². The summed E-state index contributed by atoms with van der Waals surface area (Å²) in [6.45, 7) is 20.8. The predicted molar refractivity (Wildman–Crippen MR) is 248 cm³/mol. The van der Waals surface area contributed by atoms with Gasteiger partial charge in [-0.15, -0.1) is 6.58 Å². The quantitative estimate of drug-likeness (QED) is 0.153. The molecule has 3 amide bonds. The fourth-order valence-corrected chi connectivity index (χ4v) is 11.1. The number of alkyl carbamates (subject to hydrolysis) is 1. The minimum atomic E-state index is -1.53. The first-order chi connectivity index (χ1) is 30.8. The van der Waals surface area contributed by atoms with Crippen LogP contribution in [0, 0.1) is 23.2 Å². The van der Waals surface area contributed by atoms with E-state index in [1.165, 1.54) is 17.4 Å². The predicted octanol–water partition coefficient (Wildman–Crippen LogP) is 5.95. The summed E-state index contributed by atoms with van der Waals surface area (Å²) in [7, 11) is 0. The molecule has 2 saturated heterocycles. The van der Waals surface area contributed by atoms with Crippen molar-refractivity contribution in [3.8, 4) is 11.5 Å². The second-order valence-electron chi connectivity index (χ2n) is 20.6. The molecule has 1 unspecified atom stereocenters. The molecule has 0 radical (unpaired) electrons. The Morgan fingerprint density at radius 2 is 1.86 bits per heavy atom. The number of nitrogens with one attached hydrogen (secondary N) is 3. The number of halogens is 1. The Hall–Kier alpha value is -4.32. The van der Waals surface area contributed by atoms with Crippen LogP contribution in [0.15, 0.2) is 35.8 Å². The largest absolute Gasteiger partial charge is 0.491 e. The van der Waals surface area contributed by atoms with E-state index in [0.29, 0.717) is 77.1 Å². The number of hydrogen-bond donors (Lipinski definition) is 4. The van der Waals surface area contributed by atoms with Gasteiger partial charge in [-0.05, 0) is 82.8 Å². The second-order valence-corrected chi connectivity index (χ2v) is 22.0. The van der Waals surface area contributed by atoms with E-state index >= 15 is 0 Å². The molecule has 5 fully saturated rings. The minimum Gasteiger partial charge on any atom is -0.491 e. The number of nitrogens with zero attached hydrogens (tertiary/aromatic N) is 4. The van der Waals surface area contributed by atoms with Crippen LogP contribution < -0.4 is 25.4 Å². The number of ether oxygens (including phenoxy) is 4. The summed E-state index contributed by atoms with van der Waals surface area (Å²) in [5.41, 5.74) is -1.38. The number of aromatic nitrogens is 1. The summed E-state index contributed by atoms with van der Waals surface area (Å²) in [5.74, 6) is -0.0781. The van der Waals surface area contributed by atoms with Gasteiger partial charge in [0.25, 0.3) is 0 Å². The standard InChI is InChI=1S/C47H64ClN7O9S/c1-9-28-21-47(28,42(58)59)53-40(56)34-19-30(22-55(34)41(57)39(45(4,5)6)52-44(60)64-29-17-26-16-27(26)18-29)63-36-20-32(33-23-65-43(51-33)49-25(2)3)50-38-31(36)10-11-35(37(38)48)62-15-13-54-12-14-61-24-46(54,7)8/h9-11,20,25-30,33-34,39H,1,12-19,21-24H2,2-8H3,(H,49,51)(H,52,60)(H,53,56)(H,58,59)/t26-,27+,28-,29+,30-,33?,34+,39-,47-/m1/s1. The van der Waals surface area contributed by atoms with E-state index in [2.05, 4.69) is 55.1 Å². The van der Waals surface area contributed by atoms with E-state index in [9.17, 15) is 24.3 Å². The number of likely N-dealkylation sites (tertiary alicyclic amines) is 1. The van der Waals surface area contributed by atoms with E-state index in [1.807, 2.05) is 32.9 Å². The molecule has 9 atom stereocenters. The first-order valence-electron chi connectivity index (χ1n) is 22.9. The molecule has 1 aromatic carbocycles. The molecular formula is C47H64ClN7O9S. The lowest BCUT2D eigenvalue weighted by Gasteiger charge is -2.41. The van der Waals surface area contributed by atoms with Crippen molar-refractivity contribution in [1.29, 1.82) is 0 Å². The van der Waals surface area contributed by atoms with Gasteiger partial charge in [0, 0.05) is 54.2 Å². The number of thioether (sulfide) groups is 1. The number of benzene rings is 1. The molecule has 8 rings (SSSR count). The first kappa shape index (κ1) is 47.2. The van der Waals surface area contributed by atoms with Gasteiger partial charge < -0.3 is 44.9 Å². The number of fused-ring (bicyclic) bond motifs is 2. The number of amides is 3. The number of carboxylic acid groups (broad SMARTS) is 1. The zero-order valence-corrected chi connectivity index (χ0v) is 40.1. The highest BCUT2D eigenvalue weighted by atomic mass is 35.5. The van der Waals surface area contributed by atoms with Gasteiger partial charge in [0.2, 0.25) is 11.8 Å². The summed E-state index contributed by atoms with van der Waals surface area (Å²) < 4.78 is 24.7. The summed E-state index contributed by atoms with van der Waals surface area (Å²) in [6.07, 6.45) is 2.90. The third-order valence-corrected chi connectivity index (χ3v) is 15.1. The van der Waals surface area contributed by atoms with Crippen LogP contribution in [0.25, 0.3) is 10.9 Å². The maximum atomic E-state index is 14.8. The van der Waals surface area contributed by atoms with Crippen LogP contribution in [0.5, 0.6) is 11.5 Å². The molecule has 1 aromatic heterocycles. The molecule has 4 heterocycles. The Balaban J connectivity index is 1.09. The lowest BCUT2D eigenvalue weighted by atomic mass is 9.85. The molecule has 2 aromatic rings. The van der Waals surface area contributed by atoms with E-state index in [0.717, 1.165) is 24.6 Å². The number of carboxylic acids is 1. The molecule has 3 saturated carbocycles. The number of morpholine rings is 1. The van der Waals surface area contributed by atoms with Crippen LogP contribution in [0.4, 0.5) is 4.79 Å². The fraction of sp³-hybridized carbons (Fsp3) is 0.660. The molecule has 0 spiro atoms. The highest BCUT2D eigenvalue weighted by Crippen LogP contribution is 2.52. The molecule has 65 heavy (non-hydrogen) atoms. The number of hydrogen-bond acceptors (Lipinski definition) is 13. The minimum absolute atomic E-state index is 0.0318. The van der Waals surface area contributed by atoms with Crippen molar-refractivity contribution in [2.75, 3.05) is 45.2 Å². The van der Waals surface area contributed by atoms with E-state index in [1.54, 1.807) is 17.8 Å². The average Bonchev–Trinajstić information content (AvgIpc) is 3.91. The van der Waals surface area contributed by atoms with Crippen molar-refractivity contribution in [3.63, 3.8) is 0 Å². The van der Waals surface area contributed by atoms with Gasteiger partial charge in [-0.1, -0.05) is 50.2 Å². The van der Waals surface area contributed by atoms with Crippen LogP contribution in [-0.2, 0) is 23.9 Å². The maximum absolute atomic E-state index is 14.8. The van der Waals surface area contributed by atoms with Gasteiger partial charge >= 0.3 is 12.1 Å². The summed E-state index contributed by atoms with van der Waals surface area (Å²) in [4.78, 5) is 68.8. The van der Waals surface area contributed by atoms with Crippen molar-refractivity contribution in [1.82, 2.24) is 30.7 Å². The number of pyridine rings is 1. The number of aliphatic carboxylic acids is 1. The highest BCUT2D eigenvalue weighted by Gasteiger charge is 2.61. The van der Waals surface area contributed by atoms with Gasteiger partial charge in [-0.3, -0.25) is 19.5 Å². The zero-order valence-electron chi connectivity index (χ0n) is 38.5. The van der Waals surface area contributed by atoms with Crippen LogP contribution in [0.3, 0.4) is 0 Å². The number of carbonyl (C=O) groups is 4. The number of rotatable bonds is 15. The SMILES string of the molecule is C=C[C@@H]1C[C@]1(NC(=O)[C@@H]1C[C@@H](Oc2cc(C3CSC(NC(C)C)=N3)nc3c(Cl)c(OCCN4CCOCC4(C)C)ccc23)CN1C(=O)[C@@H](NC(=O)O[C@@H]1C[C@@H]2C[C@@H]2C1)C(C)(C)C)C(=O)O. The van der Waals surface area contributed by atoms with Gasteiger partial charge in [0.05, 0.1) is 31.0 Å². The monoisotopic (exact) mass is 937 g/mol. The van der Waals surface area contributed by atoms with Crippen molar-refractivity contribution < 1.29 is 43.2 Å². The molecular weight excluding hydrogens is 874 g/mol. The van der Waals surface area contributed by atoms with Crippen molar-refractivity contribution in [2.45, 2.75) is 128 Å². The summed E-state index contributed by atoms with van der Waals surface area (Å²) in [6, 6.07) is 3.13. The third kappa shape index (κ3) is 10.2. The van der Waals surface area contributed by atoms with Crippen molar-refractivity contribution in [3.05, 3.63) is 41.6 Å². The smallest absolute Gasteiger partial charge is 0.408 e. The molecule has 16 nitrogen and oxygen atoms in total. The van der Waals surface area contributed by atoms with Crippen LogP contribution in [0.2, 0.25) is 5.02 Å². The van der Waals surface area contributed by atoms with Crippen LogP contribution >= 0.6 is 23.4 Å². The van der Waals surface area contributed by atoms with Gasteiger partial charge in [-0.25, -0.2) is 14.6 Å². The van der Waals surface area contributed by atoms with Crippen LogP contribution in [0.1, 0.15) is 92.3 Å². The van der Waals surface area contributed by atoms with Crippen molar-refractivity contribution in [2.24, 2.45) is 28.2 Å². The normalized spacial score (nSPS) is 29.7. The first-order valence-corrected chi connectivity index (χ1v) is 24.3. The van der Waals surface area contributed by atoms with Crippen molar-refractivity contribution >= 4 is 63.3 Å². The summed E-state index contributed by atoms with van der Waals surface area (Å²) >= 11 is 8.78. The maximum Gasteiger partial charge on any atom is 0.408 e. The molecule has 354 valence electrons. The molecule has 0 bridgehead atoms. The lowest BCUT2D eigenvalue weighted by molar-refractivity contribution is -0.146. The lowest BCUT2D eigenvalue weighted by Crippen LogP contribution is -2.59. The Morgan fingerprint density at radius 1 is 1.11 bits per heavy atom. The highest BCUT2D eigenvalue weighted by molar-refractivity contribution is 8.14. The van der Waals surface area contributed by atoms with Gasteiger partial charge in [-0.2, -0.15) is 0 Å².